The third kappa shape index (κ3) is 3.90. The highest BCUT2D eigenvalue weighted by Crippen LogP contribution is 2.18. The molecule has 1 aromatic heterocycles. The molecule has 0 atom stereocenters. The second kappa shape index (κ2) is 7.60. The highest BCUT2D eigenvalue weighted by molar-refractivity contribution is 6.01. The Balaban J connectivity index is 1.72. The lowest BCUT2D eigenvalue weighted by atomic mass is 9.95. The molecule has 24 heavy (non-hydrogen) atoms. The van der Waals surface area contributed by atoms with Crippen molar-refractivity contribution in [3.63, 3.8) is 0 Å². The number of nitrogens with zero attached hydrogens (tertiary/aromatic N) is 3. The van der Waals surface area contributed by atoms with Gasteiger partial charge in [0.25, 0.3) is 5.91 Å². The summed E-state index contributed by atoms with van der Waals surface area (Å²) < 4.78 is 1.72. The number of amides is 1. The quantitative estimate of drug-likeness (QED) is 0.694. The van der Waals surface area contributed by atoms with E-state index in [-0.39, 0.29) is 17.5 Å². The van der Waals surface area contributed by atoms with Gasteiger partial charge in [-0.25, -0.2) is 4.68 Å². The van der Waals surface area contributed by atoms with Gasteiger partial charge >= 0.3 is 0 Å². The standard InChI is InChI=1S/C19H20N4O/c20-12-16(19(24)22-17-7-3-1-4-8-17)11-15-13-21-23(14-15)18-9-5-2-6-10-18/h2,5-6,9-11,13-14,17H,1,3-4,7-8H2,(H,22,24)/b16-11+. The number of carbonyl (C=O) groups excluding carboxylic acids is 1. The molecule has 5 nitrogen and oxygen atoms in total. The van der Waals surface area contributed by atoms with Crippen molar-refractivity contribution in [2.75, 3.05) is 0 Å². The second-order valence-corrected chi connectivity index (χ2v) is 6.03. The van der Waals surface area contributed by atoms with Crippen molar-refractivity contribution < 1.29 is 4.79 Å². The topological polar surface area (TPSA) is 70.7 Å². The van der Waals surface area contributed by atoms with Gasteiger partial charge in [-0.05, 0) is 31.1 Å². The van der Waals surface area contributed by atoms with Crippen LogP contribution in [-0.2, 0) is 4.79 Å². The molecule has 1 aliphatic carbocycles. The van der Waals surface area contributed by atoms with Crippen LogP contribution in [0.5, 0.6) is 0 Å². The average molecular weight is 320 g/mol. The molecule has 1 saturated carbocycles. The molecule has 122 valence electrons. The van der Waals surface area contributed by atoms with Gasteiger partial charge in [0, 0.05) is 17.8 Å². The molecule has 0 saturated heterocycles. The Morgan fingerprint density at radius 2 is 2.00 bits per heavy atom. The summed E-state index contributed by atoms with van der Waals surface area (Å²) in [6, 6.07) is 11.9. The van der Waals surface area contributed by atoms with Crippen LogP contribution in [0.25, 0.3) is 11.8 Å². The minimum absolute atomic E-state index is 0.119. The molecular weight excluding hydrogens is 300 g/mol. The van der Waals surface area contributed by atoms with Gasteiger partial charge in [-0.15, -0.1) is 0 Å². The first-order chi connectivity index (χ1) is 11.8. The van der Waals surface area contributed by atoms with E-state index < -0.39 is 0 Å². The number of hydrogen-bond donors (Lipinski definition) is 1. The normalized spacial score (nSPS) is 15.7. The van der Waals surface area contributed by atoms with Crippen LogP contribution in [0.15, 0.2) is 48.3 Å². The van der Waals surface area contributed by atoms with E-state index in [1.54, 1.807) is 23.2 Å². The molecule has 1 heterocycles. The van der Waals surface area contributed by atoms with Crippen molar-refractivity contribution in [3.8, 4) is 11.8 Å². The summed E-state index contributed by atoms with van der Waals surface area (Å²) in [5.41, 5.74) is 1.78. The van der Waals surface area contributed by atoms with Gasteiger partial charge in [-0.3, -0.25) is 4.79 Å². The van der Waals surface area contributed by atoms with Crippen LogP contribution in [0, 0.1) is 11.3 Å². The summed E-state index contributed by atoms with van der Waals surface area (Å²) in [5, 5.41) is 16.6. The summed E-state index contributed by atoms with van der Waals surface area (Å²) in [6.07, 6.45) is 10.5. The van der Waals surface area contributed by atoms with E-state index in [1.165, 1.54) is 6.42 Å². The van der Waals surface area contributed by atoms with E-state index in [1.807, 2.05) is 36.4 Å². The number of para-hydroxylation sites is 1. The summed E-state index contributed by atoms with van der Waals surface area (Å²) >= 11 is 0. The lowest BCUT2D eigenvalue weighted by molar-refractivity contribution is -0.117. The fraction of sp³-hybridized carbons (Fsp3) is 0.316. The summed E-state index contributed by atoms with van der Waals surface area (Å²) in [6.45, 7) is 0. The van der Waals surface area contributed by atoms with E-state index in [0.29, 0.717) is 0 Å². The smallest absolute Gasteiger partial charge is 0.262 e. The van der Waals surface area contributed by atoms with Crippen LogP contribution in [0.2, 0.25) is 0 Å². The Kier molecular flexibility index (Phi) is 5.07. The minimum atomic E-state index is -0.295. The van der Waals surface area contributed by atoms with Crippen LogP contribution in [0.3, 0.4) is 0 Å². The number of nitriles is 1. The third-order valence-corrected chi connectivity index (χ3v) is 4.24. The lowest BCUT2D eigenvalue weighted by Gasteiger charge is -2.22. The average Bonchev–Trinajstić information content (AvgIpc) is 3.10. The highest BCUT2D eigenvalue weighted by atomic mass is 16.1. The van der Waals surface area contributed by atoms with Gasteiger partial charge in [0.1, 0.15) is 11.6 Å². The summed E-state index contributed by atoms with van der Waals surface area (Å²) in [7, 11) is 0. The van der Waals surface area contributed by atoms with Crippen LogP contribution >= 0.6 is 0 Å². The molecule has 1 fully saturated rings. The van der Waals surface area contributed by atoms with Gasteiger partial charge in [0.2, 0.25) is 0 Å². The van der Waals surface area contributed by atoms with E-state index in [0.717, 1.165) is 36.9 Å². The van der Waals surface area contributed by atoms with Crippen LogP contribution in [0.4, 0.5) is 0 Å². The van der Waals surface area contributed by atoms with Crippen molar-refractivity contribution in [2.24, 2.45) is 0 Å². The van der Waals surface area contributed by atoms with Crippen molar-refractivity contribution in [1.82, 2.24) is 15.1 Å². The molecule has 2 aromatic rings. The van der Waals surface area contributed by atoms with Gasteiger partial charge in [0.15, 0.2) is 0 Å². The van der Waals surface area contributed by atoms with Crippen LogP contribution in [0.1, 0.15) is 37.7 Å². The van der Waals surface area contributed by atoms with E-state index in [2.05, 4.69) is 10.4 Å². The van der Waals surface area contributed by atoms with E-state index in [4.69, 9.17) is 0 Å². The fourth-order valence-electron chi connectivity index (χ4n) is 2.96. The molecule has 5 heteroatoms. The second-order valence-electron chi connectivity index (χ2n) is 6.03. The number of carbonyl (C=O) groups is 1. The zero-order valence-electron chi connectivity index (χ0n) is 13.5. The Hall–Kier alpha value is -2.87. The number of rotatable bonds is 4. The number of nitrogens with one attached hydrogen (secondary N) is 1. The molecule has 0 aliphatic heterocycles. The zero-order chi connectivity index (χ0) is 16.8. The first-order valence-corrected chi connectivity index (χ1v) is 8.29. The Labute approximate surface area is 141 Å². The van der Waals surface area contributed by atoms with Crippen molar-refractivity contribution in [3.05, 3.63) is 53.9 Å². The van der Waals surface area contributed by atoms with Crippen molar-refractivity contribution in [1.29, 1.82) is 5.26 Å². The molecule has 1 N–H and O–H groups in total. The Morgan fingerprint density at radius 1 is 1.25 bits per heavy atom. The molecule has 0 bridgehead atoms. The molecule has 1 aromatic carbocycles. The lowest BCUT2D eigenvalue weighted by Crippen LogP contribution is -2.36. The van der Waals surface area contributed by atoms with Crippen LogP contribution < -0.4 is 5.32 Å². The fourth-order valence-corrected chi connectivity index (χ4v) is 2.96. The van der Waals surface area contributed by atoms with Gasteiger partial charge < -0.3 is 5.32 Å². The first kappa shape index (κ1) is 16.0. The Morgan fingerprint density at radius 3 is 2.71 bits per heavy atom. The van der Waals surface area contributed by atoms with Crippen molar-refractivity contribution >= 4 is 12.0 Å². The Bertz CT molecular complexity index is 764. The summed E-state index contributed by atoms with van der Waals surface area (Å²) in [5.74, 6) is -0.295. The van der Waals surface area contributed by atoms with Crippen molar-refractivity contribution in [2.45, 2.75) is 38.1 Å². The highest BCUT2D eigenvalue weighted by Gasteiger charge is 2.18. The monoisotopic (exact) mass is 320 g/mol. The maximum absolute atomic E-state index is 12.3. The SMILES string of the molecule is N#C/C(=C\c1cnn(-c2ccccc2)c1)C(=O)NC1CCCCC1. The molecule has 1 amide bonds. The maximum atomic E-state index is 12.3. The first-order valence-electron chi connectivity index (χ1n) is 8.29. The summed E-state index contributed by atoms with van der Waals surface area (Å²) in [4.78, 5) is 12.3. The molecule has 0 radical (unpaired) electrons. The largest absolute Gasteiger partial charge is 0.349 e. The van der Waals surface area contributed by atoms with Gasteiger partial charge in [-0.1, -0.05) is 37.5 Å². The van der Waals surface area contributed by atoms with Crippen LogP contribution in [-0.4, -0.2) is 21.7 Å². The predicted molar refractivity (Wildman–Crippen MR) is 92.2 cm³/mol. The maximum Gasteiger partial charge on any atom is 0.262 e. The van der Waals surface area contributed by atoms with Gasteiger partial charge in [0.05, 0.1) is 11.9 Å². The zero-order valence-corrected chi connectivity index (χ0v) is 13.5. The minimum Gasteiger partial charge on any atom is -0.349 e. The number of benzene rings is 1. The van der Waals surface area contributed by atoms with E-state index >= 15 is 0 Å². The number of aromatic nitrogens is 2. The molecule has 0 spiro atoms. The number of hydrogen-bond acceptors (Lipinski definition) is 3. The van der Waals surface area contributed by atoms with E-state index in [9.17, 15) is 10.1 Å². The molecule has 3 rings (SSSR count). The molecule has 1 aliphatic rings. The molecule has 0 unspecified atom stereocenters. The molecular formula is C19H20N4O. The third-order valence-electron chi connectivity index (χ3n) is 4.24. The predicted octanol–water partition coefficient (Wildman–Crippen LogP) is 3.23. The van der Waals surface area contributed by atoms with Gasteiger partial charge in [-0.2, -0.15) is 10.4 Å².